The topological polar surface area (TPSA) is 124 Å². The van der Waals surface area contributed by atoms with E-state index in [0.717, 1.165) is 42.6 Å². The van der Waals surface area contributed by atoms with Crippen molar-refractivity contribution < 1.29 is 22.7 Å². The second-order valence-corrected chi connectivity index (χ2v) is 13.4. The summed E-state index contributed by atoms with van der Waals surface area (Å²) in [5.74, 6) is -0.388. The number of nitrogens with zero attached hydrogens (tertiary/aromatic N) is 5. The van der Waals surface area contributed by atoms with Crippen molar-refractivity contribution in [1.82, 2.24) is 23.9 Å². The zero-order valence-electron chi connectivity index (χ0n) is 24.6. The first-order valence-electron chi connectivity index (χ1n) is 14.1. The summed E-state index contributed by atoms with van der Waals surface area (Å²) in [6.45, 7) is 12.1. The highest BCUT2D eigenvalue weighted by Crippen LogP contribution is 2.39. The smallest absolute Gasteiger partial charge is 0.327 e. The second kappa shape index (κ2) is 10.6. The number of aryl methyl sites for hydroxylation is 1. The average Bonchev–Trinajstić information content (AvgIpc) is 3.48. The molecule has 43 heavy (non-hydrogen) atoms. The summed E-state index contributed by atoms with van der Waals surface area (Å²) in [6, 6.07) is 9.17. The van der Waals surface area contributed by atoms with Crippen molar-refractivity contribution in [3.8, 4) is 5.75 Å². The van der Waals surface area contributed by atoms with E-state index in [1.807, 2.05) is 29.1 Å². The van der Waals surface area contributed by atoms with Gasteiger partial charge < -0.3 is 19.0 Å². The van der Waals surface area contributed by atoms with Gasteiger partial charge in [-0.15, -0.1) is 0 Å². The van der Waals surface area contributed by atoms with E-state index < -0.39 is 28.1 Å². The Morgan fingerprint density at radius 2 is 1.98 bits per heavy atom. The molecule has 0 saturated carbocycles. The molecule has 1 N–H and O–H groups in total. The number of carbonyl (C=O) groups excluding carboxylic acids is 1. The van der Waals surface area contributed by atoms with Crippen molar-refractivity contribution in [2.75, 3.05) is 17.5 Å². The van der Waals surface area contributed by atoms with Gasteiger partial charge in [-0.2, -0.15) is 0 Å². The quantitative estimate of drug-likeness (QED) is 0.282. The first kappa shape index (κ1) is 28.5. The molecule has 0 spiro atoms. The van der Waals surface area contributed by atoms with Gasteiger partial charge in [-0.25, -0.2) is 18.4 Å². The van der Waals surface area contributed by atoms with E-state index in [0.29, 0.717) is 36.6 Å². The standard InChI is InChI=1S/C31H34N6O5S/c1-6-35-29-22(28-33-13-14-36(28)27-20(2)10-12-32-30(27)35)16-21(17-34-29)11-15-41-25-9-7-8-24-23(25)19-43(39,40)37(24)18-26(38)42-31(3,4)5/h7-10,12-14,16-17,32H,2,6,11,15,18-19H2,1,3-5H3. The van der Waals surface area contributed by atoms with Crippen LogP contribution in [-0.2, 0) is 38.3 Å². The third-order valence-corrected chi connectivity index (χ3v) is 8.95. The summed E-state index contributed by atoms with van der Waals surface area (Å²) in [7, 11) is -3.75. The normalized spacial score (nSPS) is 14.4. The highest BCUT2D eigenvalue weighted by Gasteiger charge is 2.37. The Kier molecular flexibility index (Phi) is 7.04. The zero-order chi connectivity index (χ0) is 30.5. The fourth-order valence-electron chi connectivity index (χ4n) is 5.54. The summed E-state index contributed by atoms with van der Waals surface area (Å²) in [5, 5.41) is 2.68. The van der Waals surface area contributed by atoms with Crippen LogP contribution in [0.25, 0.3) is 23.3 Å². The SMILES string of the molecule is C=c1cc[nH]c2n(CC)c3ncc(CCOc4cccc5c4CS(=O)(=O)N5CC(=O)OC(C)(C)C)cc3c3nccn3c1=2. The number of rotatable bonds is 7. The molecule has 5 heterocycles. The molecule has 0 unspecified atom stereocenters. The molecule has 3 aromatic rings. The molecule has 0 saturated heterocycles. The van der Waals surface area contributed by atoms with Crippen molar-refractivity contribution in [1.29, 1.82) is 0 Å². The summed E-state index contributed by atoms with van der Waals surface area (Å²) >= 11 is 0. The number of esters is 1. The van der Waals surface area contributed by atoms with Crippen LogP contribution in [0.1, 0.15) is 38.8 Å². The van der Waals surface area contributed by atoms with Gasteiger partial charge in [-0.1, -0.05) is 12.6 Å². The summed E-state index contributed by atoms with van der Waals surface area (Å²) in [6.07, 6.45) is 7.93. The highest BCUT2D eigenvalue weighted by molar-refractivity contribution is 7.92. The van der Waals surface area contributed by atoms with Crippen LogP contribution in [0.5, 0.6) is 5.75 Å². The first-order chi connectivity index (χ1) is 20.5. The fourth-order valence-corrected chi connectivity index (χ4v) is 7.12. The first-order valence-corrected chi connectivity index (χ1v) is 15.7. The van der Waals surface area contributed by atoms with Gasteiger partial charge in [0.25, 0.3) is 0 Å². The minimum absolute atomic E-state index is 0.247. The molecular weight excluding hydrogens is 568 g/mol. The van der Waals surface area contributed by atoms with Gasteiger partial charge in [0.05, 0.1) is 23.0 Å². The molecule has 1 aromatic carbocycles. The average molecular weight is 603 g/mol. The molecule has 6 rings (SSSR count). The molecule has 2 aromatic heterocycles. The van der Waals surface area contributed by atoms with Crippen LogP contribution in [0, 0.1) is 10.8 Å². The van der Waals surface area contributed by atoms with Crippen LogP contribution in [0.15, 0.2) is 55.1 Å². The van der Waals surface area contributed by atoms with E-state index in [4.69, 9.17) is 14.5 Å². The lowest BCUT2D eigenvalue weighted by Crippen LogP contribution is -2.36. The van der Waals surface area contributed by atoms with Crippen LogP contribution in [0.2, 0.25) is 0 Å². The molecular formula is C31H34N6O5S. The van der Waals surface area contributed by atoms with Crippen LogP contribution in [0.3, 0.4) is 0 Å². The fraction of sp³-hybridized carbons (Fsp3) is 0.323. The highest BCUT2D eigenvalue weighted by atomic mass is 32.2. The van der Waals surface area contributed by atoms with Crippen LogP contribution >= 0.6 is 0 Å². The number of hydrogen-bond acceptors (Lipinski definition) is 7. The number of sulfonamides is 1. The molecule has 12 heteroatoms. The predicted octanol–water partition coefficient (Wildman–Crippen LogP) is 3.62. The number of pyridine rings is 1. The number of ether oxygens (including phenoxy) is 2. The van der Waals surface area contributed by atoms with Crippen molar-refractivity contribution >= 4 is 44.9 Å². The molecule has 224 valence electrons. The minimum Gasteiger partial charge on any atom is -0.493 e. The number of benzene rings is 1. The van der Waals surface area contributed by atoms with Crippen LogP contribution in [0.4, 0.5) is 5.69 Å². The monoisotopic (exact) mass is 602 g/mol. The maximum absolute atomic E-state index is 13.0. The molecule has 11 nitrogen and oxygen atoms in total. The second-order valence-electron chi connectivity index (χ2n) is 11.5. The summed E-state index contributed by atoms with van der Waals surface area (Å²) in [5.41, 5.74) is 3.64. The van der Waals surface area contributed by atoms with Crippen LogP contribution < -0.4 is 14.3 Å². The largest absolute Gasteiger partial charge is 0.493 e. The predicted molar refractivity (Wildman–Crippen MR) is 164 cm³/mol. The van der Waals surface area contributed by atoms with E-state index in [9.17, 15) is 13.2 Å². The van der Waals surface area contributed by atoms with Crippen molar-refractivity contribution in [3.05, 3.63) is 82.3 Å². The Hall–Kier alpha value is -4.58. The van der Waals surface area contributed by atoms with E-state index in [1.165, 1.54) is 0 Å². The lowest BCUT2D eigenvalue weighted by molar-refractivity contribution is -0.152. The molecule has 3 aliphatic heterocycles. The summed E-state index contributed by atoms with van der Waals surface area (Å²) in [4.78, 5) is 25.3. The van der Waals surface area contributed by atoms with Crippen LogP contribution in [-0.4, -0.2) is 57.1 Å². The Labute approximate surface area is 248 Å². The van der Waals surface area contributed by atoms with Crippen molar-refractivity contribution in [2.24, 2.45) is 0 Å². The van der Waals surface area contributed by atoms with E-state index in [2.05, 4.69) is 34.1 Å². The van der Waals surface area contributed by atoms with E-state index in [1.54, 1.807) is 45.2 Å². The van der Waals surface area contributed by atoms with E-state index >= 15 is 0 Å². The number of nitrogens with one attached hydrogen (secondary N) is 1. The number of carbonyl (C=O) groups is 1. The van der Waals surface area contributed by atoms with Crippen molar-refractivity contribution in [3.63, 3.8) is 0 Å². The number of hydrogen-bond donors (Lipinski definition) is 1. The number of imidazole rings is 1. The number of H-pyrrole nitrogens is 1. The molecule has 0 atom stereocenters. The third kappa shape index (κ3) is 5.27. The van der Waals surface area contributed by atoms with Gasteiger partial charge >= 0.3 is 5.97 Å². The maximum atomic E-state index is 13.0. The van der Waals surface area contributed by atoms with Gasteiger partial charge in [0.15, 0.2) is 0 Å². The third-order valence-electron chi connectivity index (χ3n) is 7.30. The zero-order valence-corrected chi connectivity index (χ0v) is 25.4. The minimum atomic E-state index is -3.75. The number of fused-ring (bicyclic) bond motifs is 5. The molecule has 0 aliphatic carbocycles. The molecule has 0 radical (unpaired) electrons. The lowest BCUT2D eigenvalue weighted by Gasteiger charge is -2.23. The maximum Gasteiger partial charge on any atom is 0.327 e. The van der Waals surface area contributed by atoms with Gasteiger partial charge in [-0.05, 0) is 62.7 Å². The lowest BCUT2D eigenvalue weighted by atomic mass is 10.1. The number of aromatic nitrogens is 5. The van der Waals surface area contributed by atoms with Crippen molar-refractivity contribution in [2.45, 2.75) is 52.0 Å². The number of anilines is 1. The Balaban J connectivity index is 1.29. The number of aromatic amines is 1. The van der Waals surface area contributed by atoms with Gasteiger partial charge in [0, 0.05) is 43.3 Å². The molecule has 3 aliphatic rings. The molecule has 0 fully saturated rings. The summed E-state index contributed by atoms with van der Waals surface area (Å²) < 4.78 is 42.7. The Morgan fingerprint density at radius 1 is 1.16 bits per heavy atom. The molecule has 0 bridgehead atoms. The van der Waals surface area contributed by atoms with Gasteiger partial charge in [-0.3, -0.25) is 13.5 Å². The Bertz CT molecular complexity index is 2140. The Morgan fingerprint density at radius 3 is 2.74 bits per heavy atom. The van der Waals surface area contributed by atoms with E-state index in [-0.39, 0.29) is 5.75 Å². The molecule has 0 amide bonds. The van der Waals surface area contributed by atoms with Gasteiger partial charge in [0.2, 0.25) is 10.0 Å². The van der Waals surface area contributed by atoms with Gasteiger partial charge in [0.1, 0.15) is 40.4 Å².